The van der Waals surface area contributed by atoms with Gasteiger partial charge < -0.3 is 15.3 Å². The predicted molar refractivity (Wildman–Crippen MR) is 100 cm³/mol. The molecular weight excluding hydrogens is 363 g/mol. The summed E-state index contributed by atoms with van der Waals surface area (Å²) in [5.41, 5.74) is -4.83. The molecule has 3 N–H and O–H groups in total. The van der Waals surface area contributed by atoms with Gasteiger partial charge in [0.2, 0.25) is 0 Å². The van der Waals surface area contributed by atoms with E-state index >= 15 is 4.39 Å². The average Bonchev–Trinajstić information content (AvgIpc) is 2.79. The molecule has 0 unspecified atom stereocenters. The van der Waals surface area contributed by atoms with Crippen molar-refractivity contribution in [2.75, 3.05) is 6.61 Å². The maximum absolute atomic E-state index is 17.0. The van der Waals surface area contributed by atoms with Gasteiger partial charge in [0.15, 0.2) is 11.6 Å². The molecule has 0 aromatic rings. The normalized spacial score (nSPS) is 56.2. The van der Waals surface area contributed by atoms with Gasteiger partial charge in [-0.25, -0.2) is 4.39 Å². The molecule has 0 heterocycles. The molecule has 4 fully saturated rings. The number of hydrogen-bond acceptors (Lipinski definition) is 5. The van der Waals surface area contributed by atoms with Gasteiger partial charge in [0.1, 0.15) is 5.67 Å². The van der Waals surface area contributed by atoms with E-state index in [1.807, 2.05) is 13.8 Å². The van der Waals surface area contributed by atoms with Gasteiger partial charge in [0.05, 0.1) is 11.7 Å². The number of aliphatic hydroxyl groups is 3. The molecule has 5 nitrogen and oxygen atoms in total. The first-order chi connectivity index (χ1) is 13.0. The van der Waals surface area contributed by atoms with Crippen molar-refractivity contribution in [3.05, 3.63) is 0 Å². The lowest BCUT2D eigenvalue weighted by Crippen LogP contribution is -2.71. The summed E-state index contributed by atoms with van der Waals surface area (Å²) in [7, 11) is 0. The molecule has 0 bridgehead atoms. The van der Waals surface area contributed by atoms with Gasteiger partial charge in [-0.1, -0.05) is 20.8 Å². The van der Waals surface area contributed by atoms with Crippen LogP contribution in [0.15, 0.2) is 0 Å². The first-order valence-electron chi connectivity index (χ1n) is 10.7. The second kappa shape index (κ2) is 6.08. The maximum atomic E-state index is 17.0. The number of fused-ring (bicyclic) bond motifs is 5. The van der Waals surface area contributed by atoms with Crippen molar-refractivity contribution in [3.8, 4) is 0 Å². The molecular formula is C22H33FO5. The number of ketones is 2. The summed E-state index contributed by atoms with van der Waals surface area (Å²) in [4.78, 5) is 24.2. The molecule has 0 spiro atoms. The fourth-order valence-corrected chi connectivity index (χ4v) is 8.05. The monoisotopic (exact) mass is 396 g/mol. The number of carbonyl (C=O) groups is 2. The number of alkyl halides is 1. The van der Waals surface area contributed by atoms with Crippen LogP contribution in [0, 0.1) is 34.5 Å². The van der Waals surface area contributed by atoms with Crippen molar-refractivity contribution < 1.29 is 29.3 Å². The highest BCUT2D eigenvalue weighted by Crippen LogP contribution is 2.71. The summed E-state index contributed by atoms with van der Waals surface area (Å²) in [6.45, 7) is 5.48. The standard InChI is InChI=1S/C22H33FO5/c1-12-8-15-14-5-4-13-9-16(25)17(26)10-19(13,2)22(14,23)18(27)11-20(15,3)21(12,28)6-7-24/h12-15,18,24,27-28H,4-11H2,1-3H3/t12-,13+,14+,15+,18+,19+,20+,21-,22+/m1/s1. The van der Waals surface area contributed by atoms with E-state index in [2.05, 4.69) is 0 Å². The first-order valence-corrected chi connectivity index (χ1v) is 10.7. The quantitative estimate of drug-likeness (QED) is 0.622. The fraction of sp³-hybridized carbons (Fsp3) is 0.909. The van der Waals surface area contributed by atoms with Crippen LogP contribution in [0.4, 0.5) is 4.39 Å². The third kappa shape index (κ3) is 2.17. The zero-order valence-electron chi connectivity index (χ0n) is 17.1. The smallest absolute Gasteiger partial charge is 0.199 e. The SMILES string of the molecule is C[C@@H]1C[C@H]2[C@@H]3CC[C@H]4CC(=O)C(=O)C[C@]4(C)[C@@]3(F)[C@@H](O)C[C@]2(C)[C@@]1(O)CCO. The van der Waals surface area contributed by atoms with E-state index in [-0.39, 0.29) is 50.0 Å². The summed E-state index contributed by atoms with van der Waals surface area (Å²) < 4.78 is 17.0. The zero-order valence-corrected chi connectivity index (χ0v) is 17.1. The fourth-order valence-electron chi connectivity index (χ4n) is 8.05. The molecule has 0 aromatic carbocycles. The molecule has 0 saturated heterocycles. The molecule has 0 radical (unpaired) electrons. The summed E-state index contributed by atoms with van der Waals surface area (Å²) in [5.74, 6) is -1.85. The molecule has 0 aliphatic heterocycles. The van der Waals surface area contributed by atoms with Gasteiger partial charge >= 0.3 is 0 Å². The highest BCUT2D eigenvalue weighted by Gasteiger charge is 2.75. The summed E-state index contributed by atoms with van der Waals surface area (Å²) in [6.07, 6.45) is 0.818. The second-order valence-corrected chi connectivity index (χ2v) is 10.6. The number of halogens is 1. The van der Waals surface area contributed by atoms with Crippen molar-refractivity contribution in [2.24, 2.45) is 34.5 Å². The van der Waals surface area contributed by atoms with E-state index in [0.29, 0.717) is 19.3 Å². The molecule has 28 heavy (non-hydrogen) atoms. The first kappa shape index (κ1) is 20.4. The molecule has 4 aliphatic carbocycles. The van der Waals surface area contributed by atoms with Crippen molar-refractivity contribution in [1.29, 1.82) is 0 Å². The van der Waals surface area contributed by atoms with Crippen molar-refractivity contribution in [1.82, 2.24) is 0 Å². The molecule has 0 aromatic heterocycles. The topological polar surface area (TPSA) is 94.8 Å². The Morgan fingerprint density at radius 2 is 1.79 bits per heavy atom. The van der Waals surface area contributed by atoms with Gasteiger partial charge in [-0.3, -0.25) is 9.59 Å². The Balaban J connectivity index is 1.78. The lowest BCUT2D eigenvalue weighted by Gasteiger charge is -2.65. The molecule has 0 amide bonds. The van der Waals surface area contributed by atoms with Crippen LogP contribution in [-0.4, -0.2) is 50.9 Å². The van der Waals surface area contributed by atoms with E-state index in [1.165, 1.54) is 0 Å². The summed E-state index contributed by atoms with van der Waals surface area (Å²) >= 11 is 0. The molecule has 4 aliphatic rings. The maximum Gasteiger partial charge on any atom is 0.199 e. The number of aliphatic hydroxyl groups excluding tert-OH is 2. The molecule has 4 rings (SSSR count). The second-order valence-electron chi connectivity index (χ2n) is 10.6. The lowest BCUT2D eigenvalue weighted by molar-refractivity contribution is -0.256. The molecule has 158 valence electrons. The van der Waals surface area contributed by atoms with E-state index in [0.717, 1.165) is 0 Å². The van der Waals surface area contributed by atoms with Crippen LogP contribution in [0.25, 0.3) is 0 Å². The van der Waals surface area contributed by atoms with Gasteiger partial charge in [0.25, 0.3) is 0 Å². The number of rotatable bonds is 2. The number of hydrogen-bond donors (Lipinski definition) is 3. The largest absolute Gasteiger partial charge is 0.396 e. The Bertz CT molecular complexity index is 711. The van der Waals surface area contributed by atoms with Crippen LogP contribution < -0.4 is 0 Å². The Hall–Kier alpha value is -0.850. The van der Waals surface area contributed by atoms with E-state index in [9.17, 15) is 24.9 Å². The number of carbonyl (C=O) groups excluding carboxylic acids is 2. The van der Waals surface area contributed by atoms with Gasteiger partial charge in [-0.05, 0) is 49.4 Å². The third-order valence-electron chi connectivity index (χ3n) is 9.72. The van der Waals surface area contributed by atoms with Gasteiger partial charge in [0, 0.05) is 36.7 Å². The van der Waals surface area contributed by atoms with E-state index < -0.39 is 45.7 Å². The van der Waals surface area contributed by atoms with Crippen LogP contribution in [0.5, 0.6) is 0 Å². The highest BCUT2D eigenvalue weighted by molar-refractivity contribution is 6.38. The Morgan fingerprint density at radius 3 is 2.43 bits per heavy atom. The van der Waals surface area contributed by atoms with Crippen LogP contribution in [-0.2, 0) is 9.59 Å². The van der Waals surface area contributed by atoms with Crippen molar-refractivity contribution in [2.45, 2.75) is 83.1 Å². The van der Waals surface area contributed by atoms with Gasteiger partial charge in [-0.15, -0.1) is 0 Å². The minimum absolute atomic E-state index is 0.0766. The van der Waals surface area contributed by atoms with Crippen LogP contribution >= 0.6 is 0 Å². The molecule has 9 atom stereocenters. The van der Waals surface area contributed by atoms with E-state index in [4.69, 9.17) is 0 Å². The van der Waals surface area contributed by atoms with Gasteiger partial charge in [-0.2, -0.15) is 0 Å². The minimum atomic E-state index is -1.94. The molecule has 6 heteroatoms. The number of Topliss-reactive ketones (excluding diaryl/α,β-unsaturated/α-hetero) is 2. The molecule has 4 saturated carbocycles. The van der Waals surface area contributed by atoms with Crippen LogP contribution in [0.1, 0.15) is 65.7 Å². The van der Waals surface area contributed by atoms with E-state index in [1.54, 1.807) is 6.92 Å². The Morgan fingerprint density at radius 1 is 1.11 bits per heavy atom. The minimum Gasteiger partial charge on any atom is -0.396 e. The zero-order chi connectivity index (χ0) is 20.7. The van der Waals surface area contributed by atoms with Crippen molar-refractivity contribution in [3.63, 3.8) is 0 Å². The van der Waals surface area contributed by atoms with Crippen LogP contribution in [0.3, 0.4) is 0 Å². The van der Waals surface area contributed by atoms with Crippen molar-refractivity contribution >= 4 is 11.6 Å². The average molecular weight is 396 g/mol. The predicted octanol–water partition coefficient (Wildman–Crippen LogP) is 2.20. The summed E-state index contributed by atoms with van der Waals surface area (Å²) in [6, 6.07) is 0. The Labute approximate surface area is 165 Å². The van der Waals surface area contributed by atoms with Crippen LogP contribution in [0.2, 0.25) is 0 Å². The summed E-state index contributed by atoms with van der Waals surface area (Å²) in [5, 5.41) is 32.2. The highest BCUT2D eigenvalue weighted by atomic mass is 19.1. The Kier molecular flexibility index (Phi) is 4.44. The third-order valence-corrected chi connectivity index (χ3v) is 9.72. The lowest BCUT2D eigenvalue weighted by atomic mass is 9.42.